The lowest BCUT2D eigenvalue weighted by atomic mass is 10.0. The summed E-state index contributed by atoms with van der Waals surface area (Å²) in [5.74, 6) is 0.437. The van der Waals surface area contributed by atoms with Crippen LogP contribution in [0.25, 0.3) is 10.2 Å². The summed E-state index contributed by atoms with van der Waals surface area (Å²) in [4.78, 5) is 34.0. The highest BCUT2D eigenvalue weighted by Crippen LogP contribution is 2.33. The van der Waals surface area contributed by atoms with Gasteiger partial charge in [0.1, 0.15) is 21.3 Å². The van der Waals surface area contributed by atoms with Crippen LogP contribution in [0.3, 0.4) is 0 Å². The molecule has 3 rings (SSSR count). The van der Waals surface area contributed by atoms with Gasteiger partial charge < -0.3 is 19.9 Å². The zero-order chi connectivity index (χ0) is 23.4. The predicted octanol–water partition coefficient (Wildman–Crippen LogP) is 4.31. The Morgan fingerprint density at radius 3 is 2.59 bits per heavy atom. The van der Waals surface area contributed by atoms with Gasteiger partial charge in [-0.1, -0.05) is 26.0 Å². The molecule has 2 aromatic heterocycles. The fourth-order valence-electron chi connectivity index (χ4n) is 3.24. The van der Waals surface area contributed by atoms with Gasteiger partial charge in [-0.05, 0) is 49.4 Å². The Bertz CT molecular complexity index is 1160. The molecular formula is C23H27N3O5S. The molecule has 8 nitrogen and oxygen atoms in total. The molecule has 2 N–H and O–H groups in total. The SMILES string of the molecule is CCOC(=O)c1sc2nc(COC(=O)COc3cc(C)ccc3C(C)C)nc(N)c2c1C. The van der Waals surface area contributed by atoms with Crippen LogP contribution < -0.4 is 10.5 Å². The number of hydrogen-bond acceptors (Lipinski definition) is 9. The van der Waals surface area contributed by atoms with Crippen LogP contribution >= 0.6 is 11.3 Å². The molecule has 9 heteroatoms. The fraction of sp³-hybridized carbons (Fsp3) is 0.391. The molecule has 170 valence electrons. The van der Waals surface area contributed by atoms with Crippen molar-refractivity contribution in [3.63, 3.8) is 0 Å². The van der Waals surface area contributed by atoms with Crippen LogP contribution in [0.1, 0.15) is 58.9 Å². The number of fused-ring (bicyclic) bond motifs is 1. The lowest BCUT2D eigenvalue weighted by Crippen LogP contribution is -2.16. The van der Waals surface area contributed by atoms with Crippen LogP contribution in [0, 0.1) is 13.8 Å². The molecule has 0 aliphatic rings. The molecule has 0 bridgehead atoms. The second kappa shape index (κ2) is 9.95. The minimum atomic E-state index is -0.543. The van der Waals surface area contributed by atoms with Crippen molar-refractivity contribution < 1.29 is 23.8 Å². The van der Waals surface area contributed by atoms with Gasteiger partial charge in [-0.15, -0.1) is 11.3 Å². The van der Waals surface area contributed by atoms with Crippen molar-refractivity contribution in [1.29, 1.82) is 0 Å². The number of nitrogen functional groups attached to an aromatic ring is 1. The summed E-state index contributed by atoms with van der Waals surface area (Å²) in [7, 11) is 0. The van der Waals surface area contributed by atoms with Crippen LogP contribution in [0.2, 0.25) is 0 Å². The van der Waals surface area contributed by atoms with Crippen molar-refractivity contribution in [3.05, 3.63) is 45.6 Å². The highest BCUT2D eigenvalue weighted by atomic mass is 32.1. The van der Waals surface area contributed by atoms with Gasteiger partial charge in [0.05, 0.1) is 12.0 Å². The molecule has 2 heterocycles. The molecule has 0 fully saturated rings. The smallest absolute Gasteiger partial charge is 0.348 e. The van der Waals surface area contributed by atoms with Gasteiger partial charge in [-0.25, -0.2) is 19.6 Å². The van der Waals surface area contributed by atoms with Crippen LogP contribution in [-0.4, -0.2) is 35.1 Å². The van der Waals surface area contributed by atoms with Crippen LogP contribution in [0.5, 0.6) is 5.75 Å². The Morgan fingerprint density at radius 1 is 1.16 bits per heavy atom. The van der Waals surface area contributed by atoms with Crippen molar-refractivity contribution in [3.8, 4) is 5.75 Å². The molecule has 0 amide bonds. The van der Waals surface area contributed by atoms with E-state index < -0.39 is 11.9 Å². The number of rotatable bonds is 8. The van der Waals surface area contributed by atoms with Gasteiger partial charge in [-0.2, -0.15) is 0 Å². The number of nitrogens with two attached hydrogens (primary N) is 1. The monoisotopic (exact) mass is 457 g/mol. The average Bonchev–Trinajstić information content (AvgIpc) is 3.07. The number of ether oxygens (including phenoxy) is 3. The number of aromatic nitrogens is 2. The van der Waals surface area contributed by atoms with Gasteiger partial charge in [-0.3, -0.25) is 0 Å². The van der Waals surface area contributed by atoms with E-state index in [1.165, 1.54) is 11.3 Å². The first kappa shape index (κ1) is 23.5. The Labute approximate surface area is 190 Å². The molecule has 0 unspecified atom stereocenters. The summed E-state index contributed by atoms with van der Waals surface area (Å²) in [6.07, 6.45) is 0. The highest BCUT2D eigenvalue weighted by Gasteiger charge is 2.21. The molecule has 0 saturated carbocycles. The van der Waals surface area contributed by atoms with E-state index in [2.05, 4.69) is 23.8 Å². The summed E-state index contributed by atoms with van der Waals surface area (Å²) in [5, 5.41) is 0.608. The van der Waals surface area contributed by atoms with Crippen molar-refractivity contribution in [2.24, 2.45) is 0 Å². The third kappa shape index (κ3) is 5.16. The van der Waals surface area contributed by atoms with Gasteiger partial charge in [0.2, 0.25) is 0 Å². The molecule has 0 saturated heterocycles. The zero-order valence-corrected chi connectivity index (χ0v) is 19.7. The number of thiophene rings is 1. The molecule has 1 aromatic carbocycles. The van der Waals surface area contributed by atoms with E-state index >= 15 is 0 Å². The summed E-state index contributed by atoms with van der Waals surface area (Å²) in [6.45, 7) is 9.50. The van der Waals surface area contributed by atoms with Crippen molar-refractivity contribution in [2.45, 2.75) is 47.1 Å². The Hall–Kier alpha value is -3.20. The van der Waals surface area contributed by atoms with Crippen molar-refractivity contribution >= 4 is 39.3 Å². The Morgan fingerprint density at radius 2 is 1.91 bits per heavy atom. The van der Waals surface area contributed by atoms with E-state index in [9.17, 15) is 9.59 Å². The number of carbonyl (C=O) groups excluding carboxylic acids is 2. The number of aryl methyl sites for hydroxylation is 2. The number of anilines is 1. The number of hydrogen-bond donors (Lipinski definition) is 1. The minimum Gasteiger partial charge on any atom is -0.482 e. The molecule has 0 spiro atoms. The summed E-state index contributed by atoms with van der Waals surface area (Å²) in [6, 6.07) is 5.92. The molecule has 0 radical (unpaired) electrons. The van der Waals surface area contributed by atoms with E-state index in [0.29, 0.717) is 26.4 Å². The van der Waals surface area contributed by atoms with E-state index in [4.69, 9.17) is 19.9 Å². The summed E-state index contributed by atoms with van der Waals surface area (Å²) in [5.41, 5.74) is 8.83. The lowest BCUT2D eigenvalue weighted by molar-refractivity contribution is -0.147. The largest absolute Gasteiger partial charge is 0.482 e. The van der Waals surface area contributed by atoms with Gasteiger partial charge >= 0.3 is 11.9 Å². The fourth-order valence-corrected chi connectivity index (χ4v) is 4.34. The third-order valence-electron chi connectivity index (χ3n) is 4.82. The van der Waals surface area contributed by atoms with Gasteiger partial charge in [0.15, 0.2) is 19.0 Å². The quantitative estimate of drug-likeness (QED) is 0.498. The summed E-state index contributed by atoms with van der Waals surface area (Å²) >= 11 is 1.18. The lowest BCUT2D eigenvalue weighted by Gasteiger charge is -2.14. The first-order chi connectivity index (χ1) is 15.2. The van der Waals surface area contributed by atoms with Crippen LogP contribution in [-0.2, 0) is 20.9 Å². The maximum absolute atomic E-state index is 12.2. The molecule has 32 heavy (non-hydrogen) atoms. The number of benzene rings is 1. The Kier molecular flexibility index (Phi) is 7.29. The van der Waals surface area contributed by atoms with E-state index in [1.54, 1.807) is 13.8 Å². The molecular weight excluding hydrogens is 430 g/mol. The van der Waals surface area contributed by atoms with E-state index in [0.717, 1.165) is 11.1 Å². The average molecular weight is 458 g/mol. The maximum atomic E-state index is 12.2. The van der Waals surface area contributed by atoms with Gasteiger partial charge in [0, 0.05) is 0 Å². The van der Waals surface area contributed by atoms with E-state index in [-0.39, 0.29) is 37.4 Å². The normalized spacial score (nSPS) is 11.1. The molecule has 0 atom stereocenters. The second-order valence-electron chi connectivity index (χ2n) is 7.63. The second-order valence-corrected chi connectivity index (χ2v) is 8.63. The number of esters is 2. The highest BCUT2D eigenvalue weighted by molar-refractivity contribution is 7.20. The number of carbonyl (C=O) groups is 2. The molecule has 0 aliphatic carbocycles. The first-order valence-corrected chi connectivity index (χ1v) is 11.1. The van der Waals surface area contributed by atoms with Gasteiger partial charge in [0.25, 0.3) is 0 Å². The Balaban J connectivity index is 1.68. The number of nitrogens with zero attached hydrogens (tertiary/aromatic N) is 2. The van der Waals surface area contributed by atoms with E-state index in [1.807, 2.05) is 25.1 Å². The van der Waals surface area contributed by atoms with Crippen molar-refractivity contribution in [2.75, 3.05) is 18.9 Å². The standard InChI is InChI=1S/C23H27N3O5S/c1-6-29-23(28)20-14(5)19-21(24)25-17(26-22(19)32-20)10-31-18(27)11-30-16-9-13(4)7-8-15(16)12(2)3/h7-9,12H,6,10-11H2,1-5H3,(H2,24,25,26). The topological polar surface area (TPSA) is 114 Å². The van der Waals surface area contributed by atoms with Crippen LogP contribution in [0.15, 0.2) is 18.2 Å². The molecule has 0 aliphatic heterocycles. The zero-order valence-electron chi connectivity index (χ0n) is 18.9. The molecule has 3 aromatic rings. The first-order valence-electron chi connectivity index (χ1n) is 10.3. The summed E-state index contributed by atoms with van der Waals surface area (Å²) < 4.78 is 16.1. The van der Waals surface area contributed by atoms with Crippen LogP contribution in [0.4, 0.5) is 5.82 Å². The van der Waals surface area contributed by atoms with Crippen molar-refractivity contribution in [1.82, 2.24) is 9.97 Å². The maximum Gasteiger partial charge on any atom is 0.348 e. The third-order valence-corrected chi connectivity index (χ3v) is 5.99. The predicted molar refractivity (Wildman–Crippen MR) is 123 cm³/mol. The minimum absolute atomic E-state index is 0.154.